The third-order valence-corrected chi connectivity index (χ3v) is 7.38. The lowest BCUT2D eigenvalue weighted by molar-refractivity contribution is 0.0668. The van der Waals surface area contributed by atoms with E-state index in [1.54, 1.807) is 0 Å². The molecule has 33 heavy (non-hydrogen) atoms. The zero-order valence-corrected chi connectivity index (χ0v) is 18.9. The molecule has 162 valence electrons. The Morgan fingerprint density at radius 1 is 0.758 bits per heavy atom. The molecule has 4 aromatic carbocycles. The Bertz CT molecular complexity index is 1340. The van der Waals surface area contributed by atoms with E-state index in [1.807, 2.05) is 12.1 Å². The average Bonchev–Trinajstić information content (AvgIpc) is 3.44. The van der Waals surface area contributed by atoms with E-state index < -0.39 is 0 Å². The van der Waals surface area contributed by atoms with Gasteiger partial charge in [0.05, 0.1) is 0 Å². The van der Waals surface area contributed by atoms with Crippen LogP contribution in [0.5, 0.6) is 0 Å². The summed E-state index contributed by atoms with van der Waals surface area (Å²) in [6, 6.07) is 32.0. The highest BCUT2D eigenvalue weighted by atomic mass is 16.2. The van der Waals surface area contributed by atoms with Gasteiger partial charge in [0.25, 0.3) is 5.91 Å². The highest BCUT2D eigenvalue weighted by molar-refractivity contribution is 6.03. The Morgan fingerprint density at radius 2 is 1.39 bits per heavy atom. The van der Waals surface area contributed by atoms with Gasteiger partial charge in [-0.2, -0.15) is 0 Å². The molecule has 6 rings (SSSR count). The number of benzene rings is 4. The molecule has 0 N–H and O–H groups in total. The van der Waals surface area contributed by atoms with Gasteiger partial charge in [-0.25, -0.2) is 0 Å². The summed E-state index contributed by atoms with van der Waals surface area (Å²) in [5.74, 6) is 0.143. The predicted molar refractivity (Wildman–Crippen MR) is 133 cm³/mol. The maximum Gasteiger partial charge on any atom is 0.255 e. The van der Waals surface area contributed by atoms with Crippen molar-refractivity contribution in [2.45, 2.75) is 38.8 Å². The molecule has 4 aromatic rings. The molecule has 0 fully saturated rings. The summed E-state index contributed by atoms with van der Waals surface area (Å²) in [6.07, 6.45) is 2.73. The highest BCUT2D eigenvalue weighted by Crippen LogP contribution is 2.40. The lowest BCUT2D eigenvalue weighted by Crippen LogP contribution is -2.40. The van der Waals surface area contributed by atoms with Gasteiger partial charge in [-0.05, 0) is 76.8 Å². The average molecular weight is 430 g/mol. The molecule has 0 radical (unpaired) electrons. The molecule has 0 atom stereocenters. The molecule has 2 aliphatic carbocycles. The van der Waals surface area contributed by atoms with E-state index >= 15 is 0 Å². The second-order valence-electron chi connectivity index (χ2n) is 9.36. The number of hydrogen-bond acceptors (Lipinski definition) is 1. The third kappa shape index (κ3) is 3.47. The first kappa shape index (κ1) is 20.0. The van der Waals surface area contributed by atoms with E-state index in [9.17, 15) is 4.79 Å². The molecule has 0 heterocycles. The summed E-state index contributed by atoms with van der Waals surface area (Å²) in [7, 11) is 0. The molecular weight excluding hydrogens is 402 g/mol. The van der Waals surface area contributed by atoms with Crippen LogP contribution in [-0.4, -0.2) is 16.8 Å². The first-order valence-corrected chi connectivity index (χ1v) is 11.8. The number of hydrogen-bond donors (Lipinski definition) is 0. The second-order valence-corrected chi connectivity index (χ2v) is 9.36. The molecule has 0 saturated carbocycles. The van der Waals surface area contributed by atoms with Crippen LogP contribution in [0.1, 0.15) is 43.7 Å². The Kier molecular flexibility index (Phi) is 4.87. The van der Waals surface area contributed by atoms with Crippen LogP contribution in [0.15, 0.2) is 91.0 Å². The van der Waals surface area contributed by atoms with Gasteiger partial charge in [0.2, 0.25) is 0 Å². The van der Waals surface area contributed by atoms with E-state index in [-0.39, 0.29) is 11.9 Å². The van der Waals surface area contributed by atoms with Crippen molar-refractivity contribution in [2.75, 3.05) is 0 Å². The van der Waals surface area contributed by atoms with Crippen molar-refractivity contribution < 1.29 is 4.79 Å². The quantitative estimate of drug-likeness (QED) is 0.325. The monoisotopic (exact) mass is 429 g/mol. The maximum absolute atomic E-state index is 14.3. The zero-order chi connectivity index (χ0) is 22.4. The summed E-state index contributed by atoms with van der Waals surface area (Å²) in [6.45, 7) is 2.77. The minimum atomic E-state index is 0.143. The van der Waals surface area contributed by atoms with Gasteiger partial charge in [-0.1, -0.05) is 84.9 Å². The first-order chi connectivity index (χ1) is 16.2. The molecule has 0 saturated heterocycles. The van der Waals surface area contributed by atoms with Gasteiger partial charge in [-0.3, -0.25) is 4.79 Å². The van der Waals surface area contributed by atoms with Crippen LogP contribution in [0.4, 0.5) is 0 Å². The molecule has 2 nitrogen and oxygen atoms in total. The van der Waals surface area contributed by atoms with Crippen LogP contribution in [0, 0.1) is 6.92 Å². The highest BCUT2D eigenvalue weighted by Gasteiger charge is 2.33. The lowest BCUT2D eigenvalue weighted by Gasteiger charge is -2.31. The smallest absolute Gasteiger partial charge is 0.255 e. The van der Waals surface area contributed by atoms with Crippen LogP contribution in [-0.2, 0) is 25.8 Å². The van der Waals surface area contributed by atoms with Crippen LogP contribution < -0.4 is 0 Å². The van der Waals surface area contributed by atoms with Crippen molar-refractivity contribution in [3.05, 3.63) is 130 Å². The van der Waals surface area contributed by atoms with Crippen LogP contribution >= 0.6 is 0 Å². The van der Waals surface area contributed by atoms with E-state index in [4.69, 9.17) is 0 Å². The number of carbonyl (C=O) groups is 1. The molecule has 0 aliphatic heterocycles. The standard InChI is InChI=1S/C31H27NO/c1-21-9-2-3-13-26(21)20-32(27-18-22-10-4-5-11-23(22)19-27)31(33)29-16-8-14-25-17-24-12-6-7-15-28(24)30(25)29/h2-16,27H,17-20H2,1H3. The van der Waals surface area contributed by atoms with E-state index in [0.717, 1.165) is 30.4 Å². The van der Waals surface area contributed by atoms with Gasteiger partial charge in [0.15, 0.2) is 0 Å². The zero-order valence-electron chi connectivity index (χ0n) is 18.9. The van der Waals surface area contributed by atoms with Crippen LogP contribution in [0.25, 0.3) is 11.1 Å². The predicted octanol–water partition coefficient (Wildman–Crippen LogP) is 6.38. The molecule has 0 bridgehead atoms. The maximum atomic E-state index is 14.3. The normalized spacial score (nSPS) is 14.0. The summed E-state index contributed by atoms with van der Waals surface area (Å²) in [5, 5.41) is 0. The van der Waals surface area contributed by atoms with Crippen molar-refractivity contribution in [3.63, 3.8) is 0 Å². The largest absolute Gasteiger partial charge is 0.331 e. The number of carbonyl (C=O) groups excluding carboxylic acids is 1. The van der Waals surface area contributed by atoms with Gasteiger partial charge in [0.1, 0.15) is 0 Å². The minimum absolute atomic E-state index is 0.143. The van der Waals surface area contributed by atoms with E-state index in [0.29, 0.717) is 6.54 Å². The summed E-state index contributed by atoms with van der Waals surface area (Å²) in [4.78, 5) is 16.4. The van der Waals surface area contributed by atoms with Gasteiger partial charge in [-0.15, -0.1) is 0 Å². The Labute approximate surface area is 195 Å². The molecule has 0 aromatic heterocycles. The van der Waals surface area contributed by atoms with Crippen molar-refractivity contribution in [1.29, 1.82) is 0 Å². The minimum Gasteiger partial charge on any atom is -0.331 e. The molecule has 2 aliphatic rings. The fourth-order valence-electron chi connectivity index (χ4n) is 5.62. The van der Waals surface area contributed by atoms with Crippen LogP contribution in [0.3, 0.4) is 0 Å². The van der Waals surface area contributed by atoms with Crippen molar-refractivity contribution in [3.8, 4) is 11.1 Å². The topological polar surface area (TPSA) is 20.3 Å². The molecular formula is C31H27NO. The summed E-state index contributed by atoms with van der Waals surface area (Å²) >= 11 is 0. The van der Waals surface area contributed by atoms with Crippen molar-refractivity contribution in [1.82, 2.24) is 4.90 Å². The number of nitrogens with zero attached hydrogens (tertiary/aromatic N) is 1. The second kappa shape index (κ2) is 8.04. The van der Waals surface area contributed by atoms with Crippen molar-refractivity contribution in [2.24, 2.45) is 0 Å². The van der Waals surface area contributed by atoms with E-state index in [2.05, 4.69) is 90.7 Å². The third-order valence-electron chi connectivity index (χ3n) is 7.38. The lowest BCUT2D eigenvalue weighted by atomic mass is 9.97. The number of aryl methyl sites for hydroxylation is 1. The van der Waals surface area contributed by atoms with Gasteiger partial charge >= 0.3 is 0 Å². The first-order valence-electron chi connectivity index (χ1n) is 11.8. The SMILES string of the molecule is Cc1ccccc1CN(C(=O)c1cccc2c1-c1ccccc1C2)C1Cc2ccccc2C1. The number of amides is 1. The Morgan fingerprint density at radius 3 is 2.15 bits per heavy atom. The van der Waals surface area contributed by atoms with Crippen LogP contribution in [0.2, 0.25) is 0 Å². The number of fused-ring (bicyclic) bond motifs is 4. The summed E-state index contributed by atoms with van der Waals surface area (Å²) in [5.41, 5.74) is 10.9. The fraction of sp³-hybridized carbons (Fsp3) is 0.194. The summed E-state index contributed by atoms with van der Waals surface area (Å²) < 4.78 is 0. The van der Waals surface area contributed by atoms with Gasteiger partial charge < -0.3 is 4.90 Å². The van der Waals surface area contributed by atoms with Gasteiger partial charge in [0, 0.05) is 18.2 Å². The molecule has 1 amide bonds. The van der Waals surface area contributed by atoms with E-state index in [1.165, 1.54) is 38.9 Å². The number of rotatable bonds is 4. The molecule has 2 heteroatoms. The fourth-order valence-corrected chi connectivity index (χ4v) is 5.62. The molecule has 0 spiro atoms. The Hall–Kier alpha value is -3.65. The Balaban J connectivity index is 1.42. The van der Waals surface area contributed by atoms with Crippen molar-refractivity contribution >= 4 is 5.91 Å². The molecule has 0 unspecified atom stereocenters.